The summed E-state index contributed by atoms with van der Waals surface area (Å²) in [5, 5.41) is 0.657. The first-order valence-electron chi connectivity index (χ1n) is 8.02. The first-order chi connectivity index (χ1) is 11.9. The largest absolute Gasteiger partial charge is 0.332 e. The number of amides is 1. The Morgan fingerprint density at radius 2 is 1.92 bits per heavy atom. The first kappa shape index (κ1) is 17.9. The fraction of sp³-hybridized carbons (Fsp3) is 0.278. The molecule has 0 unspecified atom stereocenters. The van der Waals surface area contributed by atoms with E-state index in [0.717, 1.165) is 18.4 Å². The van der Waals surface area contributed by atoms with E-state index in [4.69, 9.17) is 11.6 Å². The van der Waals surface area contributed by atoms with Crippen LogP contribution in [0.2, 0.25) is 5.02 Å². The Morgan fingerprint density at radius 3 is 2.60 bits per heavy atom. The number of rotatable bonds is 4. The molecule has 132 valence electrons. The van der Waals surface area contributed by atoms with Gasteiger partial charge in [0, 0.05) is 17.1 Å². The number of carbonyl (C=O) groups is 1. The van der Waals surface area contributed by atoms with Crippen LogP contribution >= 0.6 is 11.6 Å². The average Bonchev–Trinajstić information content (AvgIpc) is 3.11. The molecule has 0 spiro atoms. The molecule has 1 saturated heterocycles. The second-order valence-electron chi connectivity index (χ2n) is 5.94. The van der Waals surface area contributed by atoms with Crippen molar-refractivity contribution in [3.63, 3.8) is 0 Å². The SMILES string of the molecule is CNS(=O)(=O)c1cccc(C(=O)N2CCC[C@H]2c2ccc(Cl)cc2)c1. The Morgan fingerprint density at radius 1 is 1.20 bits per heavy atom. The smallest absolute Gasteiger partial charge is 0.254 e. The third-order valence-corrected chi connectivity index (χ3v) is 6.09. The fourth-order valence-corrected chi connectivity index (χ4v) is 4.02. The van der Waals surface area contributed by atoms with E-state index in [2.05, 4.69) is 4.72 Å². The second-order valence-corrected chi connectivity index (χ2v) is 8.27. The van der Waals surface area contributed by atoms with E-state index in [1.54, 1.807) is 17.0 Å². The quantitative estimate of drug-likeness (QED) is 0.888. The number of nitrogens with one attached hydrogen (secondary N) is 1. The van der Waals surface area contributed by atoms with E-state index >= 15 is 0 Å². The third kappa shape index (κ3) is 3.71. The molecule has 7 heteroatoms. The van der Waals surface area contributed by atoms with Crippen LogP contribution in [0.5, 0.6) is 0 Å². The molecule has 1 N–H and O–H groups in total. The molecular formula is C18H19ClN2O3S. The number of hydrogen-bond donors (Lipinski definition) is 1. The molecular weight excluding hydrogens is 360 g/mol. The van der Waals surface area contributed by atoms with Crippen LogP contribution in [0.1, 0.15) is 34.8 Å². The van der Waals surface area contributed by atoms with Crippen LogP contribution in [-0.4, -0.2) is 32.8 Å². The van der Waals surface area contributed by atoms with E-state index < -0.39 is 10.0 Å². The number of hydrogen-bond acceptors (Lipinski definition) is 3. The van der Waals surface area contributed by atoms with E-state index in [1.165, 1.54) is 19.2 Å². The summed E-state index contributed by atoms with van der Waals surface area (Å²) in [5.41, 5.74) is 1.41. The molecule has 1 atom stereocenters. The summed E-state index contributed by atoms with van der Waals surface area (Å²) in [6, 6.07) is 13.6. The molecule has 0 bridgehead atoms. The van der Waals surface area contributed by atoms with Crippen LogP contribution in [0.15, 0.2) is 53.4 Å². The highest BCUT2D eigenvalue weighted by Crippen LogP contribution is 2.33. The topological polar surface area (TPSA) is 66.5 Å². The van der Waals surface area contributed by atoms with Gasteiger partial charge in [-0.25, -0.2) is 13.1 Å². The lowest BCUT2D eigenvalue weighted by atomic mass is 10.0. The molecule has 1 aliphatic heterocycles. The minimum atomic E-state index is -3.58. The van der Waals surface area contributed by atoms with Gasteiger partial charge in [0.15, 0.2) is 0 Å². The molecule has 1 amide bonds. The van der Waals surface area contributed by atoms with E-state index in [9.17, 15) is 13.2 Å². The molecule has 2 aromatic rings. The van der Waals surface area contributed by atoms with Crippen molar-refractivity contribution < 1.29 is 13.2 Å². The van der Waals surface area contributed by atoms with E-state index in [1.807, 2.05) is 24.3 Å². The maximum Gasteiger partial charge on any atom is 0.254 e. The van der Waals surface area contributed by atoms with Crippen LogP contribution in [0.25, 0.3) is 0 Å². The minimum absolute atomic E-state index is 0.0191. The lowest BCUT2D eigenvalue weighted by Crippen LogP contribution is -2.30. The standard InChI is InChI=1S/C18H19ClN2O3S/c1-20-25(23,24)16-5-2-4-14(12-16)18(22)21-11-3-6-17(21)13-7-9-15(19)10-8-13/h2,4-5,7-10,12,17,20H,3,6,11H2,1H3/t17-/m0/s1. The average molecular weight is 379 g/mol. The van der Waals surface area contributed by atoms with Crippen molar-refractivity contribution in [1.82, 2.24) is 9.62 Å². The Balaban J connectivity index is 1.89. The van der Waals surface area contributed by atoms with E-state index in [-0.39, 0.29) is 16.8 Å². The van der Waals surface area contributed by atoms with Gasteiger partial charge in [0.05, 0.1) is 10.9 Å². The highest BCUT2D eigenvalue weighted by molar-refractivity contribution is 7.89. The molecule has 0 aromatic heterocycles. The number of halogens is 1. The fourth-order valence-electron chi connectivity index (χ4n) is 3.12. The molecule has 0 aliphatic carbocycles. The van der Waals surface area contributed by atoms with Gasteiger partial charge in [-0.3, -0.25) is 4.79 Å². The van der Waals surface area contributed by atoms with Crippen LogP contribution < -0.4 is 4.72 Å². The zero-order chi connectivity index (χ0) is 18.0. The maximum absolute atomic E-state index is 12.9. The van der Waals surface area contributed by atoms with Gasteiger partial charge in [-0.2, -0.15) is 0 Å². The van der Waals surface area contributed by atoms with Crippen LogP contribution in [0, 0.1) is 0 Å². The predicted molar refractivity (Wildman–Crippen MR) is 97.2 cm³/mol. The minimum Gasteiger partial charge on any atom is -0.332 e. The van der Waals surface area contributed by atoms with Crippen LogP contribution in [0.4, 0.5) is 0 Å². The van der Waals surface area contributed by atoms with Crippen LogP contribution in [0.3, 0.4) is 0 Å². The van der Waals surface area contributed by atoms with Gasteiger partial charge in [0.2, 0.25) is 10.0 Å². The number of likely N-dealkylation sites (tertiary alicyclic amines) is 1. The van der Waals surface area contributed by atoms with E-state index in [0.29, 0.717) is 17.1 Å². The molecule has 1 aliphatic rings. The molecule has 1 heterocycles. The zero-order valence-corrected chi connectivity index (χ0v) is 15.3. The Hall–Kier alpha value is -1.89. The lowest BCUT2D eigenvalue weighted by molar-refractivity contribution is 0.0735. The summed E-state index contributed by atoms with van der Waals surface area (Å²) >= 11 is 5.94. The number of nitrogens with zero attached hydrogens (tertiary/aromatic N) is 1. The normalized spacial score (nSPS) is 17.7. The summed E-state index contributed by atoms with van der Waals surface area (Å²) in [6.07, 6.45) is 1.79. The molecule has 0 radical (unpaired) electrons. The highest BCUT2D eigenvalue weighted by atomic mass is 35.5. The number of benzene rings is 2. The van der Waals surface area contributed by atoms with Crippen molar-refractivity contribution in [3.8, 4) is 0 Å². The lowest BCUT2D eigenvalue weighted by Gasteiger charge is -2.25. The summed E-state index contributed by atoms with van der Waals surface area (Å²) < 4.78 is 26.2. The van der Waals surface area contributed by atoms with Crippen molar-refractivity contribution in [2.45, 2.75) is 23.8 Å². The van der Waals surface area contributed by atoms with Gasteiger partial charge >= 0.3 is 0 Å². The van der Waals surface area contributed by atoms with Gasteiger partial charge < -0.3 is 4.90 Å². The second kappa shape index (κ2) is 7.15. The van der Waals surface area contributed by atoms with Gasteiger partial charge in [-0.05, 0) is 55.8 Å². The summed E-state index contributed by atoms with van der Waals surface area (Å²) in [6.45, 7) is 0.648. The Kier molecular flexibility index (Phi) is 5.13. The van der Waals surface area contributed by atoms with Crippen LogP contribution in [-0.2, 0) is 10.0 Å². The number of sulfonamides is 1. The zero-order valence-electron chi connectivity index (χ0n) is 13.8. The molecule has 25 heavy (non-hydrogen) atoms. The molecule has 3 rings (SSSR count). The van der Waals surface area contributed by atoms with Gasteiger partial charge in [0.25, 0.3) is 5.91 Å². The van der Waals surface area contributed by atoms with Crippen molar-refractivity contribution in [3.05, 3.63) is 64.7 Å². The summed E-state index contributed by atoms with van der Waals surface area (Å²) in [7, 11) is -2.24. The van der Waals surface area contributed by atoms with Gasteiger partial charge in [0.1, 0.15) is 0 Å². The maximum atomic E-state index is 12.9. The third-order valence-electron chi connectivity index (χ3n) is 4.43. The monoisotopic (exact) mass is 378 g/mol. The molecule has 0 saturated carbocycles. The first-order valence-corrected chi connectivity index (χ1v) is 9.88. The summed E-state index contributed by atoms with van der Waals surface area (Å²) in [5.74, 6) is -0.161. The highest BCUT2D eigenvalue weighted by Gasteiger charge is 2.31. The summed E-state index contributed by atoms with van der Waals surface area (Å²) in [4.78, 5) is 14.8. The van der Waals surface area contributed by atoms with Crippen molar-refractivity contribution in [2.24, 2.45) is 0 Å². The predicted octanol–water partition coefficient (Wildman–Crippen LogP) is 3.23. The van der Waals surface area contributed by atoms with Gasteiger partial charge in [-0.15, -0.1) is 0 Å². The molecule has 2 aromatic carbocycles. The Labute approximate surface area is 152 Å². The van der Waals surface area contributed by atoms with Gasteiger partial charge in [-0.1, -0.05) is 29.8 Å². The molecule has 1 fully saturated rings. The molecule has 5 nitrogen and oxygen atoms in total. The van der Waals surface area contributed by atoms with Crippen molar-refractivity contribution >= 4 is 27.5 Å². The van der Waals surface area contributed by atoms with Crippen molar-refractivity contribution in [2.75, 3.05) is 13.6 Å². The van der Waals surface area contributed by atoms with Crippen molar-refractivity contribution in [1.29, 1.82) is 0 Å². The Bertz CT molecular complexity index is 881. The number of carbonyl (C=O) groups excluding carboxylic acids is 1.